The average molecular weight is 903 g/mol. The van der Waals surface area contributed by atoms with Gasteiger partial charge in [-0.15, -0.1) is 29.9 Å². The number of rotatable bonds is 23. The van der Waals surface area contributed by atoms with Gasteiger partial charge in [-0.3, -0.25) is 14.5 Å². The van der Waals surface area contributed by atoms with Crippen LogP contribution in [-0.4, -0.2) is 71.3 Å². The molecule has 0 saturated heterocycles. The molecule has 4 aromatic carbocycles. The zero-order valence-corrected chi connectivity index (χ0v) is 37.6. The first kappa shape index (κ1) is 49.8. The van der Waals surface area contributed by atoms with Gasteiger partial charge in [0.1, 0.15) is 36.4 Å². The van der Waals surface area contributed by atoms with Crippen LogP contribution in [0.2, 0.25) is 0 Å². The average Bonchev–Trinajstić information content (AvgIpc) is 3.85. The molecule has 8 N–H and O–H groups in total. The number of hydrogen-bond acceptors (Lipinski definition) is 9. The van der Waals surface area contributed by atoms with Gasteiger partial charge in [0, 0.05) is 29.6 Å². The minimum atomic E-state index is -0.910. The second-order valence-electron chi connectivity index (χ2n) is 15.7. The SMILES string of the molecule is CC(C)CCOc1ccccc1-c1ccccc1OCc1cn(C[C@@H](CCCCN)NC(=O)[C@@H](CCCN=C(N)N)NC(=O)OCC2c3ccccc3-c3ccccc32)nn1.Cl.Cl. The number of aliphatic imine (C=N–C) groups is 1. The molecule has 1 heterocycles. The van der Waals surface area contributed by atoms with E-state index in [2.05, 4.69) is 64.1 Å². The molecule has 0 fully saturated rings. The van der Waals surface area contributed by atoms with Crippen LogP contribution in [0.4, 0.5) is 4.79 Å². The largest absolute Gasteiger partial charge is 0.493 e. The highest BCUT2D eigenvalue weighted by Gasteiger charge is 2.30. The van der Waals surface area contributed by atoms with E-state index in [-0.39, 0.29) is 68.3 Å². The highest BCUT2D eigenvalue weighted by Crippen LogP contribution is 2.44. The Bertz CT molecular complexity index is 2190. The summed E-state index contributed by atoms with van der Waals surface area (Å²) in [5.41, 5.74) is 23.9. The fourth-order valence-corrected chi connectivity index (χ4v) is 7.51. The molecule has 14 nitrogen and oxygen atoms in total. The fourth-order valence-electron chi connectivity index (χ4n) is 7.51. The number of unbranched alkanes of at least 4 members (excludes halogenated alkanes) is 1. The molecule has 2 amide bonds. The number of halogens is 2. The zero-order valence-electron chi connectivity index (χ0n) is 36.0. The Labute approximate surface area is 382 Å². The molecule has 5 aromatic rings. The number of hydrogen-bond donors (Lipinski definition) is 5. The Hall–Kier alpha value is -5.83. The fraction of sp³-hybridized carbons (Fsp3) is 0.383. The number of alkyl carbamates (subject to hydrolysis) is 1. The van der Waals surface area contributed by atoms with Gasteiger partial charge in [0.2, 0.25) is 5.91 Å². The number of aromatic nitrogens is 3. The van der Waals surface area contributed by atoms with Crippen molar-refractivity contribution in [3.05, 3.63) is 120 Å². The van der Waals surface area contributed by atoms with E-state index in [1.165, 1.54) is 0 Å². The molecule has 63 heavy (non-hydrogen) atoms. The van der Waals surface area contributed by atoms with Gasteiger partial charge in [0.15, 0.2) is 5.96 Å². The summed E-state index contributed by atoms with van der Waals surface area (Å²) in [7, 11) is 0. The van der Waals surface area contributed by atoms with E-state index in [1.54, 1.807) is 4.68 Å². The van der Waals surface area contributed by atoms with E-state index in [0.717, 1.165) is 58.4 Å². The van der Waals surface area contributed by atoms with E-state index in [0.29, 0.717) is 56.4 Å². The van der Waals surface area contributed by atoms with Gasteiger partial charge in [-0.1, -0.05) is 110 Å². The maximum Gasteiger partial charge on any atom is 0.407 e. The number of amides is 2. The number of para-hydroxylation sites is 2. The minimum absolute atomic E-state index is 0. The normalized spacial score (nSPS) is 12.4. The summed E-state index contributed by atoms with van der Waals surface area (Å²) in [5, 5.41) is 14.7. The Morgan fingerprint density at radius 2 is 1.37 bits per heavy atom. The van der Waals surface area contributed by atoms with Crippen LogP contribution in [0, 0.1) is 5.92 Å². The smallest absolute Gasteiger partial charge is 0.407 e. The molecule has 338 valence electrons. The summed E-state index contributed by atoms with van der Waals surface area (Å²) in [4.78, 5) is 31.4. The molecule has 0 radical (unpaired) electrons. The van der Waals surface area contributed by atoms with Crippen molar-refractivity contribution in [3.8, 4) is 33.8 Å². The van der Waals surface area contributed by atoms with E-state index >= 15 is 0 Å². The third kappa shape index (κ3) is 14.4. The first-order chi connectivity index (χ1) is 29.7. The molecule has 1 aliphatic rings. The van der Waals surface area contributed by atoms with Gasteiger partial charge in [-0.2, -0.15) is 0 Å². The van der Waals surface area contributed by atoms with E-state index in [9.17, 15) is 9.59 Å². The third-order valence-corrected chi connectivity index (χ3v) is 10.6. The van der Waals surface area contributed by atoms with E-state index < -0.39 is 12.1 Å². The van der Waals surface area contributed by atoms with Gasteiger partial charge in [0.25, 0.3) is 0 Å². The number of fused-ring (bicyclic) bond motifs is 3. The molecule has 1 aliphatic carbocycles. The zero-order chi connectivity index (χ0) is 43.0. The molecule has 0 bridgehead atoms. The molecule has 1 aromatic heterocycles. The molecular formula is C47H61Cl2N9O5. The first-order valence-electron chi connectivity index (χ1n) is 21.2. The van der Waals surface area contributed by atoms with Crippen molar-refractivity contribution in [1.29, 1.82) is 0 Å². The summed E-state index contributed by atoms with van der Waals surface area (Å²) in [6, 6.07) is 30.8. The number of guanidine groups is 1. The van der Waals surface area contributed by atoms with Gasteiger partial charge in [0.05, 0.1) is 19.3 Å². The Kier molecular flexibility index (Phi) is 20.0. The molecule has 0 aliphatic heterocycles. The number of carbonyl (C=O) groups is 2. The van der Waals surface area contributed by atoms with Gasteiger partial charge in [-0.05, 0) is 79.0 Å². The Balaban J connectivity index is 0.00000436. The van der Waals surface area contributed by atoms with Crippen LogP contribution in [0.3, 0.4) is 0 Å². The van der Waals surface area contributed by atoms with Gasteiger partial charge >= 0.3 is 6.09 Å². The van der Waals surface area contributed by atoms with Crippen molar-refractivity contribution in [2.45, 2.75) is 83.5 Å². The van der Waals surface area contributed by atoms with Crippen LogP contribution in [0.1, 0.15) is 75.1 Å². The van der Waals surface area contributed by atoms with Crippen LogP contribution in [0.15, 0.2) is 108 Å². The number of nitrogens with zero attached hydrogens (tertiary/aromatic N) is 4. The Morgan fingerprint density at radius 3 is 1.98 bits per heavy atom. The van der Waals surface area contributed by atoms with Crippen LogP contribution >= 0.6 is 24.8 Å². The molecule has 0 unspecified atom stereocenters. The van der Waals surface area contributed by atoms with E-state index in [1.807, 2.05) is 79.0 Å². The number of nitrogens with one attached hydrogen (secondary N) is 2. The predicted octanol–water partition coefficient (Wildman–Crippen LogP) is 7.37. The lowest BCUT2D eigenvalue weighted by molar-refractivity contribution is -0.124. The molecule has 6 rings (SSSR count). The second-order valence-corrected chi connectivity index (χ2v) is 15.7. The first-order valence-corrected chi connectivity index (χ1v) is 21.2. The number of benzene rings is 4. The monoisotopic (exact) mass is 901 g/mol. The van der Waals surface area contributed by atoms with Crippen molar-refractivity contribution in [2.75, 3.05) is 26.3 Å². The van der Waals surface area contributed by atoms with Gasteiger partial charge < -0.3 is 42.0 Å². The minimum Gasteiger partial charge on any atom is -0.493 e. The van der Waals surface area contributed by atoms with Crippen molar-refractivity contribution in [1.82, 2.24) is 25.6 Å². The number of nitrogens with two attached hydrogens (primary N) is 3. The summed E-state index contributed by atoms with van der Waals surface area (Å²) < 4.78 is 20.0. The maximum atomic E-state index is 14.0. The van der Waals surface area contributed by atoms with E-state index in [4.69, 9.17) is 31.4 Å². The summed E-state index contributed by atoms with van der Waals surface area (Å²) in [5.74, 6) is 1.51. The van der Waals surface area contributed by atoms with Gasteiger partial charge in [-0.25, -0.2) is 4.79 Å². The lowest BCUT2D eigenvalue weighted by Gasteiger charge is -2.24. The summed E-state index contributed by atoms with van der Waals surface area (Å²) in [6.07, 6.45) is 5.01. The number of ether oxygens (including phenoxy) is 3. The lowest BCUT2D eigenvalue weighted by Crippen LogP contribution is -2.50. The molecule has 0 spiro atoms. The second kappa shape index (κ2) is 25.3. The van der Waals surface area contributed by atoms with Crippen LogP contribution < -0.4 is 37.3 Å². The molecule has 0 saturated carbocycles. The van der Waals surface area contributed by atoms with Crippen molar-refractivity contribution in [2.24, 2.45) is 28.1 Å². The van der Waals surface area contributed by atoms with Crippen LogP contribution in [0.25, 0.3) is 22.3 Å². The Morgan fingerprint density at radius 1 is 0.762 bits per heavy atom. The molecule has 2 atom stereocenters. The lowest BCUT2D eigenvalue weighted by atomic mass is 9.98. The highest BCUT2D eigenvalue weighted by molar-refractivity contribution is 5.86. The molecule has 16 heteroatoms. The third-order valence-electron chi connectivity index (χ3n) is 10.6. The number of carbonyl (C=O) groups excluding carboxylic acids is 2. The maximum absolute atomic E-state index is 14.0. The summed E-state index contributed by atoms with van der Waals surface area (Å²) >= 11 is 0. The van der Waals surface area contributed by atoms with Crippen LogP contribution in [-0.2, 0) is 22.7 Å². The van der Waals surface area contributed by atoms with Crippen LogP contribution in [0.5, 0.6) is 11.5 Å². The van der Waals surface area contributed by atoms with Crippen molar-refractivity contribution >= 4 is 42.8 Å². The highest BCUT2D eigenvalue weighted by atomic mass is 35.5. The quantitative estimate of drug-likeness (QED) is 0.0250. The summed E-state index contributed by atoms with van der Waals surface area (Å²) in [6.45, 7) is 6.45. The molecular weight excluding hydrogens is 841 g/mol. The van der Waals surface area contributed by atoms with Crippen molar-refractivity contribution in [3.63, 3.8) is 0 Å². The van der Waals surface area contributed by atoms with Crippen molar-refractivity contribution < 1.29 is 23.8 Å². The predicted molar refractivity (Wildman–Crippen MR) is 252 cm³/mol. The standard InChI is InChI=1S/C47H59N9O5.2ClH/c1-32(2)24-27-59-43-22-9-7-19-39(43)40-20-8-10-23-44(40)60-30-34-29-56(55-54-34)28-33(14-11-12-25-48)52-45(57)42(21-13-26-51-46(49)50)53-47(58)61-31-41-37-17-5-3-15-35(37)36-16-4-6-18-38(36)41;;/h3-10,15-20,22-23,29,32-33,41-42H,11-14,21,24-28,30-31,48H2,1-2H3,(H,52,57)(H,53,58)(H4,49,50,51);2*1H/t33-,42-;;/m1../s1. The topological polar surface area (TPSA) is 207 Å².